The van der Waals surface area contributed by atoms with E-state index in [1.807, 2.05) is 0 Å². The van der Waals surface area contributed by atoms with E-state index in [4.69, 9.17) is 0 Å². The molecule has 0 radical (unpaired) electrons. The summed E-state index contributed by atoms with van der Waals surface area (Å²) in [5.41, 5.74) is 12.0. The van der Waals surface area contributed by atoms with Crippen molar-refractivity contribution in [1.82, 2.24) is 4.57 Å². The smallest absolute Gasteiger partial charge is 0.0619 e. The largest absolute Gasteiger partial charge is 0.309 e. The van der Waals surface area contributed by atoms with Crippen LogP contribution in [0.5, 0.6) is 0 Å². The van der Waals surface area contributed by atoms with Gasteiger partial charge in [-0.05, 0) is 69.8 Å². The van der Waals surface area contributed by atoms with Crippen LogP contribution in [0.25, 0.3) is 61.2 Å². The molecule has 0 spiro atoms. The molecule has 0 aliphatic carbocycles. The van der Waals surface area contributed by atoms with Gasteiger partial charge in [0, 0.05) is 21.1 Å². The summed E-state index contributed by atoms with van der Waals surface area (Å²) in [7, 11) is 0. The first-order valence-electron chi connectivity index (χ1n) is 13.5. The van der Waals surface area contributed by atoms with Crippen molar-refractivity contribution in [2.45, 2.75) is 0 Å². The van der Waals surface area contributed by atoms with Crippen LogP contribution in [-0.4, -0.2) is 4.57 Å². The van der Waals surface area contributed by atoms with Gasteiger partial charge in [-0.15, -0.1) is 0 Å². The van der Waals surface area contributed by atoms with Gasteiger partial charge in [0.25, 0.3) is 0 Å². The van der Waals surface area contributed by atoms with Crippen LogP contribution in [0.4, 0.5) is 0 Å². The number of aromatic nitrogens is 1. The van der Waals surface area contributed by atoms with Gasteiger partial charge in [-0.25, -0.2) is 0 Å². The Kier molecular flexibility index (Phi) is 6.39. The van der Waals surface area contributed by atoms with E-state index < -0.39 is 0 Å². The summed E-state index contributed by atoms with van der Waals surface area (Å²) in [6.07, 6.45) is 0. The maximum absolute atomic E-state index is 3.54. The van der Waals surface area contributed by atoms with E-state index in [2.05, 4.69) is 178 Å². The summed E-state index contributed by atoms with van der Waals surface area (Å²) < 4.78 is 3.50. The van der Waals surface area contributed by atoms with Crippen LogP contribution in [0.2, 0.25) is 0 Å². The van der Waals surface area contributed by atoms with Gasteiger partial charge in [0.15, 0.2) is 0 Å². The number of hydrogen-bond acceptors (Lipinski definition) is 0. The number of fused-ring (bicyclic) bond motifs is 1. The Morgan fingerprint density at radius 2 is 0.875 bits per heavy atom. The molecule has 1 aromatic heterocycles. The number of hydrogen-bond donors (Lipinski definition) is 0. The lowest BCUT2D eigenvalue weighted by atomic mass is 9.95. The third kappa shape index (κ3) is 4.47. The minimum Gasteiger partial charge on any atom is -0.309 e. The van der Waals surface area contributed by atoms with Crippen LogP contribution >= 0.6 is 15.9 Å². The maximum Gasteiger partial charge on any atom is 0.0619 e. The highest BCUT2D eigenvalue weighted by Gasteiger charge is 2.21. The molecule has 0 fully saturated rings. The fraction of sp³-hybridized carbons (Fsp3) is 0. The Hall–Kier alpha value is -4.66. The quantitative estimate of drug-likeness (QED) is 0.192. The van der Waals surface area contributed by atoms with Gasteiger partial charge in [0.05, 0.1) is 11.2 Å². The number of para-hydroxylation sites is 1. The molecule has 7 rings (SSSR count). The molecule has 0 unspecified atom stereocenters. The summed E-state index contributed by atoms with van der Waals surface area (Å²) in [6, 6.07) is 56.4. The Balaban J connectivity index is 1.46. The molecule has 40 heavy (non-hydrogen) atoms. The second kappa shape index (κ2) is 10.5. The fourth-order valence-electron chi connectivity index (χ4n) is 5.58. The van der Waals surface area contributed by atoms with Gasteiger partial charge in [-0.2, -0.15) is 0 Å². The van der Waals surface area contributed by atoms with Gasteiger partial charge in [0.2, 0.25) is 0 Å². The number of rotatable bonds is 5. The summed E-state index contributed by atoms with van der Waals surface area (Å²) >= 11 is 3.54. The van der Waals surface area contributed by atoms with E-state index in [9.17, 15) is 0 Å². The Bertz CT molecular complexity index is 1900. The van der Waals surface area contributed by atoms with Crippen molar-refractivity contribution in [3.05, 3.63) is 162 Å². The first-order chi connectivity index (χ1) is 19.8. The van der Waals surface area contributed by atoms with Crippen LogP contribution < -0.4 is 0 Å². The molecule has 1 heterocycles. The zero-order valence-corrected chi connectivity index (χ0v) is 23.4. The lowest BCUT2D eigenvalue weighted by molar-refractivity contribution is 1.13. The van der Waals surface area contributed by atoms with Crippen LogP contribution in [0.3, 0.4) is 0 Å². The van der Waals surface area contributed by atoms with E-state index in [0.717, 1.165) is 10.2 Å². The first kappa shape index (κ1) is 24.4. The van der Waals surface area contributed by atoms with Crippen molar-refractivity contribution >= 4 is 26.8 Å². The molecule has 0 amide bonds. The van der Waals surface area contributed by atoms with Gasteiger partial charge >= 0.3 is 0 Å². The fourth-order valence-corrected chi connectivity index (χ4v) is 5.84. The maximum atomic E-state index is 3.54. The lowest BCUT2D eigenvalue weighted by Crippen LogP contribution is -1.97. The van der Waals surface area contributed by atoms with Gasteiger partial charge in [0.1, 0.15) is 0 Å². The molecule has 0 saturated heterocycles. The molecule has 2 heteroatoms. The van der Waals surface area contributed by atoms with Crippen molar-refractivity contribution in [1.29, 1.82) is 0 Å². The minimum atomic E-state index is 1.09. The molecule has 190 valence electrons. The van der Waals surface area contributed by atoms with E-state index >= 15 is 0 Å². The first-order valence-corrected chi connectivity index (χ1v) is 14.3. The van der Waals surface area contributed by atoms with Crippen LogP contribution in [0.15, 0.2) is 162 Å². The number of nitrogens with zero attached hydrogens (tertiary/aromatic N) is 1. The molecule has 6 aromatic carbocycles. The minimum absolute atomic E-state index is 1.09. The lowest BCUT2D eigenvalue weighted by Gasteiger charge is -2.13. The van der Waals surface area contributed by atoms with Crippen molar-refractivity contribution in [2.75, 3.05) is 0 Å². The third-order valence-electron chi connectivity index (χ3n) is 7.49. The predicted molar refractivity (Wildman–Crippen MR) is 173 cm³/mol. The molecule has 0 saturated carbocycles. The number of benzene rings is 6. The molecular weight excluding hydrogens is 550 g/mol. The van der Waals surface area contributed by atoms with E-state index in [-0.39, 0.29) is 0 Å². The van der Waals surface area contributed by atoms with Crippen LogP contribution in [0.1, 0.15) is 0 Å². The second-order valence-electron chi connectivity index (χ2n) is 9.94. The van der Waals surface area contributed by atoms with Crippen molar-refractivity contribution in [3.8, 4) is 50.3 Å². The van der Waals surface area contributed by atoms with Crippen molar-refractivity contribution in [2.24, 2.45) is 0 Å². The zero-order valence-electron chi connectivity index (χ0n) is 21.8. The van der Waals surface area contributed by atoms with E-state index in [1.165, 1.54) is 55.5 Å². The Labute approximate surface area is 243 Å². The molecule has 0 bridgehead atoms. The Morgan fingerprint density at radius 1 is 0.400 bits per heavy atom. The molecule has 0 aliphatic rings. The highest BCUT2D eigenvalue weighted by atomic mass is 79.9. The molecule has 0 aliphatic heterocycles. The molecule has 0 atom stereocenters. The molecular formula is C38H26BrN. The summed E-state index contributed by atoms with van der Waals surface area (Å²) in [5.74, 6) is 0. The Morgan fingerprint density at radius 3 is 1.48 bits per heavy atom. The number of halogens is 1. The normalized spacial score (nSPS) is 11.1. The average molecular weight is 577 g/mol. The van der Waals surface area contributed by atoms with Gasteiger partial charge in [-0.1, -0.05) is 137 Å². The van der Waals surface area contributed by atoms with Crippen LogP contribution in [-0.2, 0) is 0 Å². The highest BCUT2D eigenvalue weighted by Crippen LogP contribution is 2.44. The van der Waals surface area contributed by atoms with E-state index in [0.29, 0.717) is 0 Å². The molecule has 1 nitrogen and oxygen atoms in total. The summed E-state index contributed by atoms with van der Waals surface area (Å²) in [5, 5.41) is 1.24. The summed E-state index contributed by atoms with van der Waals surface area (Å²) in [4.78, 5) is 0. The highest BCUT2D eigenvalue weighted by molar-refractivity contribution is 9.10. The molecule has 0 N–H and O–H groups in total. The van der Waals surface area contributed by atoms with Crippen molar-refractivity contribution < 1.29 is 0 Å². The summed E-state index contributed by atoms with van der Waals surface area (Å²) in [6.45, 7) is 0. The van der Waals surface area contributed by atoms with Gasteiger partial charge in [-0.3, -0.25) is 0 Å². The SMILES string of the molecule is Brc1ccc(-c2ccc(-c3ccc4c(c3)c(-c3ccccc3)c(-c3ccccc3)n4-c3ccccc3)cc2)cc1. The topological polar surface area (TPSA) is 4.93 Å². The molecule has 7 aromatic rings. The van der Waals surface area contributed by atoms with E-state index in [1.54, 1.807) is 0 Å². The zero-order chi connectivity index (χ0) is 26.9. The predicted octanol–water partition coefficient (Wildman–Crippen LogP) is 11.1. The second-order valence-corrected chi connectivity index (χ2v) is 10.9. The monoisotopic (exact) mass is 575 g/mol. The van der Waals surface area contributed by atoms with Gasteiger partial charge < -0.3 is 4.57 Å². The van der Waals surface area contributed by atoms with Crippen molar-refractivity contribution in [3.63, 3.8) is 0 Å². The standard InChI is InChI=1S/C38H26BrN/c39-33-23-20-28(21-24-33)27-16-18-29(19-17-27)32-22-25-36-35(26-32)37(30-10-4-1-5-11-30)38(31-12-6-2-7-13-31)40(36)34-14-8-3-9-15-34/h1-26H. The average Bonchev–Trinajstić information content (AvgIpc) is 3.37. The third-order valence-corrected chi connectivity index (χ3v) is 8.02. The van der Waals surface area contributed by atoms with Crippen LogP contribution in [0, 0.1) is 0 Å².